The molecule has 1 aliphatic heterocycles. The van der Waals surface area contributed by atoms with Crippen LogP contribution in [0.3, 0.4) is 0 Å². The summed E-state index contributed by atoms with van der Waals surface area (Å²) in [7, 11) is 0. The Balaban J connectivity index is 2.29. The quantitative estimate of drug-likeness (QED) is 0.308. The Bertz CT molecular complexity index is 250. The molecule has 2 atom stereocenters. The van der Waals surface area contributed by atoms with Gasteiger partial charge >= 0.3 is 5.97 Å². The Hall–Kier alpha value is -0.310. The molecular formula is C13H21BrO2. The van der Waals surface area contributed by atoms with Crippen LogP contribution in [0.5, 0.6) is 0 Å². The van der Waals surface area contributed by atoms with Crippen molar-refractivity contribution < 1.29 is 9.53 Å². The Morgan fingerprint density at radius 2 is 2.31 bits per heavy atom. The molecule has 0 aliphatic carbocycles. The van der Waals surface area contributed by atoms with Crippen molar-refractivity contribution >= 4 is 21.9 Å². The van der Waals surface area contributed by atoms with Crippen molar-refractivity contribution in [3.8, 4) is 0 Å². The number of rotatable bonds is 7. The lowest BCUT2D eigenvalue weighted by atomic mass is 9.96. The molecule has 0 aromatic heterocycles. The van der Waals surface area contributed by atoms with E-state index in [1.54, 1.807) is 0 Å². The van der Waals surface area contributed by atoms with E-state index in [1.807, 2.05) is 0 Å². The van der Waals surface area contributed by atoms with E-state index >= 15 is 0 Å². The summed E-state index contributed by atoms with van der Waals surface area (Å²) < 4.78 is 5.37. The van der Waals surface area contributed by atoms with Crippen LogP contribution in [-0.4, -0.2) is 17.4 Å². The molecule has 3 heteroatoms. The van der Waals surface area contributed by atoms with Gasteiger partial charge in [0.2, 0.25) is 0 Å². The molecule has 16 heavy (non-hydrogen) atoms. The number of carbonyl (C=O) groups is 1. The minimum Gasteiger partial charge on any atom is -0.462 e. The molecule has 0 aromatic rings. The molecule has 0 aromatic carbocycles. The standard InChI is InChI=1S/C13H21BrO2/c1-3-4-5-6-12-8-11(13(15)16-12)7-10(2)9-14/h11-12H,2-9H2,1H3/t11-,12-/m1/s1. The fraction of sp³-hybridized carbons (Fsp3) is 0.769. The minimum absolute atomic E-state index is 0.0244. The third kappa shape index (κ3) is 4.28. The average Bonchev–Trinajstić information content (AvgIpc) is 2.60. The first-order chi connectivity index (χ1) is 7.67. The summed E-state index contributed by atoms with van der Waals surface area (Å²) in [4.78, 5) is 11.6. The molecule has 1 fully saturated rings. The SMILES string of the molecule is C=C(CBr)C[C@@H]1C[C@@H](CCCCC)OC1=O. The lowest BCUT2D eigenvalue weighted by molar-refractivity contribution is -0.144. The van der Waals surface area contributed by atoms with Crippen molar-refractivity contribution in [3.63, 3.8) is 0 Å². The molecule has 0 radical (unpaired) electrons. The maximum Gasteiger partial charge on any atom is 0.309 e. The maximum atomic E-state index is 11.6. The Morgan fingerprint density at radius 1 is 1.56 bits per heavy atom. The van der Waals surface area contributed by atoms with Crippen LogP contribution in [0.15, 0.2) is 12.2 Å². The predicted octanol–water partition coefficient (Wildman–Crippen LogP) is 3.84. The minimum atomic E-state index is -0.0244. The highest BCUT2D eigenvalue weighted by Gasteiger charge is 2.33. The highest BCUT2D eigenvalue weighted by atomic mass is 79.9. The van der Waals surface area contributed by atoms with Crippen LogP contribution < -0.4 is 0 Å². The van der Waals surface area contributed by atoms with Crippen LogP contribution in [-0.2, 0) is 9.53 Å². The molecule has 92 valence electrons. The molecule has 1 aliphatic rings. The van der Waals surface area contributed by atoms with E-state index in [1.165, 1.54) is 19.3 Å². The first-order valence-corrected chi connectivity index (χ1v) is 7.22. The molecule has 0 bridgehead atoms. The summed E-state index contributed by atoms with van der Waals surface area (Å²) in [6.07, 6.45) is 6.45. The van der Waals surface area contributed by atoms with Gasteiger partial charge in [-0.1, -0.05) is 47.8 Å². The molecule has 0 spiro atoms. The molecule has 0 unspecified atom stereocenters. The van der Waals surface area contributed by atoms with E-state index in [4.69, 9.17) is 4.74 Å². The van der Waals surface area contributed by atoms with E-state index in [-0.39, 0.29) is 18.0 Å². The molecule has 1 heterocycles. The van der Waals surface area contributed by atoms with E-state index in [9.17, 15) is 4.79 Å². The summed E-state index contributed by atoms with van der Waals surface area (Å²) in [5.74, 6) is 0.0280. The molecule has 2 nitrogen and oxygen atoms in total. The summed E-state index contributed by atoms with van der Waals surface area (Å²) in [6.45, 7) is 6.10. The number of alkyl halides is 1. The highest BCUT2D eigenvalue weighted by Crippen LogP contribution is 2.29. The third-order valence-corrected chi connectivity index (χ3v) is 3.81. The number of hydrogen-bond acceptors (Lipinski definition) is 2. The predicted molar refractivity (Wildman–Crippen MR) is 69.7 cm³/mol. The molecule has 1 rings (SSSR count). The van der Waals surface area contributed by atoms with Crippen LogP contribution >= 0.6 is 15.9 Å². The van der Waals surface area contributed by atoms with E-state index in [2.05, 4.69) is 29.4 Å². The van der Waals surface area contributed by atoms with Gasteiger partial charge in [0.05, 0.1) is 5.92 Å². The van der Waals surface area contributed by atoms with Crippen molar-refractivity contribution in [3.05, 3.63) is 12.2 Å². The number of ether oxygens (including phenoxy) is 1. The largest absolute Gasteiger partial charge is 0.462 e. The summed E-state index contributed by atoms with van der Waals surface area (Å²) in [6, 6.07) is 0. The second-order valence-corrected chi connectivity index (χ2v) is 5.14. The van der Waals surface area contributed by atoms with Crippen LogP contribution in [0.2, 0.25) is 0 Å². The maximum absolute atomic E-state index is 11.6. The summed E-state index contributed by atoms with van der Waals surface area (Å²) in [5.41, 5.74) is 1.08. The Morgan fingerprint density at radius 3 is 2.94 bits per heavy atom. The average molecular weight is 289 g/mol. The smallest absolute Gasteiger partial charge is 0.309 e. The number of unbranched alkanes of at least 4 members (excludes halogenated alkanes) is 2. The monoisotopic (exact) mass is 288 g/mol. The fourth-order valence-corrected chi connectivity index (χ4v) is 2.32. The van der Waals surface area contributed by atoms with Crippen molar-refractivity contribution in [2.45, 2.75) is 51.6 Å². The molecule has 1 saturated heterocycles. The van der Waals surface area contributed by atoms with Crippen molar-refractivity contribution in [1.29, 1.82) is 0 Å². The van der Waals surface area contributed by atoms with Crippen molar-refractivity contribution in [2.24, 2.45) is 5.92 Å². The van der Waals surface area contributed by atoms with Gasteiger partial charge in [0.25, 0.3) is 0 Å². The van der Waals surface area contributed by atoms with Crippen molar-refractivity contribution in [2.75, 3.05) is 5.33 Å². The first-order valence-electron chi connectivity index (χ1n) is 6.10. The second kappa shape index (κ2) is 7.10. The van der Waals surface area contributed by atoms with Gasteiger partial charge in [-0.15, -0.1) is 0 Å². The Labute approximate surface area is 107 Å². The lowest BCUT2D eigenvalue weighted by Gasteiger charge is -2.07. The van der Waals surface area contributed by atoms with Crippen LogP contribution in [0.25, 0.3) is 0 Å². The highest BCUT2D eigenvalue weighted by molar-refractivity contribution is 9.09. The van der Waals surface area contributed by atoms with E-state index < -0.39 is 0 Å². The van der Waals surface area contributed by atoms with Crippen LogP contribution in [0, 0.1) is 5.92 Å². The van der Waals surface area contributed by atoms with Gasteiger partial charge < -0.3 is 4.74 Å². The number of cyclic esters (lactones) is 1. The molecule has 0 saturated carbocycles. The molecule has 0 N–H and O–H groups in total. The number of carbonyl (C=O) groups excluding carboxylic acids is 1. The fourth-order valence-electron chi connectivity index (χ4n) is 2.09. The van der Waals surface area contributed by atoms with Crippen LogP contribution in [0.1, 0.15) is 45.4 Å². The zero-order valence-electron chi connectivity index (χ0n) is 10.0. The van der Waals surface area contributed by atoms with Gasteiger partial charge in [0, 0.05) is 5.33 Å². The van der Waals surface area contributed by atoms with Crippen molar-refractivity contribution in [1.82, 2.24) is 0 Å². The van der Waals surface area contributed by atoms with Gasteiger partial charge in [0.15, 0.2) is 0 Å². The lowest BCUT2D eigenvalue weighted by Crippen LogP contribution is -2.08. The molecular weight excluding hydrogens is 268 g/mol. The Kier molecular flexibility index (Phi) is 6.10. The first kappa shape index (κ1) is 13.8. The van der Waals surface area contributed by atoms with Gasteiger partial charge in [-0.25, -0.2) is 0 Å². The zero-order valence-corrected chi connectivity index (χ0v) is 11.6. The van der Waals surface area contributed by atoms with Gasteiger partial charge in [0.1, 0.15) is 6.10 Å². The normalized spacial score (nSPS) is 24.5. The summed E-state index contributed by atoms with van der Waals surface area (Å²) in [5, 5.41) is 0.775. The number of halogens is 1. The van der Waals surface area contributed by atoms with E-state index in [0.717, 1.165) is 30.2 Å². The number of allylic oxidation sites excluding steroid dienone is 1. The zero-order chi connectivity index (χ0) is 12.0. The van der Waals surface area contributed by atoms with Gasteiger partial charge in [-0.2, -0.15) is 0 Å². The van der Waals surface area contributed by atoms with E-state index in [0.29, 0.717) is 0 Å². The van der Waals surface area contributed by atoms with Gasteiger partial charge in [-0.05, 0) is 25.7 Å². The van der Waals surface area contributed by atoms with Gasteiger partial charge in [-0.3, -0.25) is 4.79 Å². The summed E-state index contributed by atoms with van der Waals surface area (Å²) >= 11 is 3.36. The van der Waals surface area contributed by atoms with Crippen LogP contribution in [0.4, 0.5) is 0 Å². The number of esters is 1. The molecule has 0 amide bonds. The topological polar surface area (TPSA) is 26.3 Å². The third-order valence-electron chi connectivity index (χ3n) is 3.02. The number of hydrogen-bond donors (Lipinski definition) is 0. The second-order valence-electron chi connectivity index (χ2n) is 4.58.